The van der Waals surface area contributed by atoms with E-state index in [1.807, 2.05) is 0 Å². The maximum absolute atomic E-state index is 13.5. The first-order valence-corrected chi connectivity index (χ1v) is 11.4. The Kier molecular flexibility index (Phi) is 5.75. The third kappa shape index (κ3) is 4.49. The van der Waals surface area contributed by atoms with Gasteiger partial charge in [-0.3, -0.25) is 4.79 Å². The minimum Gasteiger partial charge on any atom is -0.481 e. The molecule has 0 spiro atoms. The molecular weight excluding hydrogens is 455 g/mol. The number of hydrogen-bond acceptors (Lipinski definition) is 3. The number of carbonyl (C=O) groups is 1. The van der Waals surface area contributed by atoms with Crippen molar-refractivity contribution in [2.45, 2.75) is 23.9 Å². The fraction of sp³-hybridized carbons (Fsp3) is 0.125. The SMILES string of the molecule is O=C(O)CCc1cn(S(=O)(=O)c2cccc(-c3cccc(C(F)(F)F)c3)c2)c2ccccc12. The van der Waals surface area contributed by atoms with Crippen LogP contribution >= 0.6 is 0 Å². The van der Waals surface area contributed by atoms with Gasteiger partial charge in [-0.1, -0.05) is 42.5 Å². The van der Waals surface area contributed by atoms with Crippen LogP contribution in [0.4, 0.5) is 13.2 Å². The van der Waals surface area contributed by atoms with Gasteiger partial charge in [0.1, 0.15) is 0 Å². The Morgan fingerprint density at radius 3 is 2.27 bits per heavy atom. The van der Waals surface area contributed by atoms with Gasteiger partial charge in [-0.2, -0.15) is 13.2 Å². The second kappa shape index (κ2) is 8.40. The predicted octanol–water partition coefficient (Wildman–Crippen LogP) is 5.58. The molecule has 0 saturated carbocycles. The van der Waals surface area contributed by atoms with Crippen LogP contribution in [-0.4, -0.2) is 23.5 Å². The lowest BCUT2D eigenvalue weighted by atomic mass is 10.0. The molecule has 3 aromatic carbocycles. The summed E-state index contributed by atoms with van der Waals surface area (Å²) in [6.07, 6.45) is -3.11. The number of aliphatic carboxylic acids is 1. The van der Waals surface area contributed by atoms with Crippen molar-refractivity contribution < 1.29 is 31.5 Å². The lowest BCUT2D eigenvalue weighted by molar-refractivity contribution is -0.138. The van der Waals surface area contributed by atoms with Crippen LogP contribution in [0.15, 0.2) is 83.9 Å². The summed E-state index contributed by atoms with van der Waals surface area (Å²) in [5, 5.41) is 9.63. The maximum atomic E-state index is 13.5. The van der Waals surface area contributed by atoms with Crippen molar-refractivity contribution in [1.82, 2.24) is 3.97 Å². The van der Waals surface area contributed by atoms with Crippen molar-refractivity contribution in [2.24, 2.45) is 0 Å². The summed E-state index contributed by atoms with van der Waals surface area (Å²) in [5.41, 5.74) is 0.701. The van der Waals surface area contributed by atoms with E-state index in [2.05, 4.69) is 0 Å². The van der Waals surface area contributed by atoms with Crippen molar-refractivity contribution in [3.8, 4) is 11.1 Å². The molecule has 33 heavy (non-hydrogen) atoms. The second-order valence-electron chi connectivity index (χ2n) is 7.47. The van der Waals surface area contributed by atoms with Crippen molar-refractivity contribution >= 4 is 26.9 Å². The van der Waals surface area contributed by atoms with Crippen molar-refractivity contribution in [3.05, 3.63) is 90.1 Å². The summed E-state index contributed by atoms with van der Waals surface area (Å²) in [7, 11) is -4.11. The number of hydrogen-bond donors (Lipinski definition) is 1. The maximum Gasteiger partial charge on any atom is 0.416 e. The van der Waals surface area contributed by atoms with Crippen molar-refractivity contribution in [2.75, 3.05) is 0 Å². The van der Waals surface area contributed by atoms with E-state index >= 15 is 0 Å². The third-order valence-corrected chi connectivity index (χ3v) is 6.95. The first-order chi connectivity index (χ1) is 15.6. The van der Waals surface area contributed by atoms with E-state index in [0.717, 1.165) is 16.1 Å². The molecule has 0 aliphatic rings. The molecule has 4 rings (SSSR count). The first-order valence-electron chi connectivity index (χ1n) is 9.91. The van der Waals surface area contributed by atoms with Crippen LogP contribution in [0.1, 0.15) is 17.5 Å². The number of nitrogens with zero attached hydrogens (tertiary/aromatic N) is 1. The Labute approximate surface area is 187 Å². The average Bonchev–Trinajstić information content (AvgIpc) is 3.17. The number of rotatable bonds is 6. The molecule has 1 heterocycles. The third-order valence-electron chi connectivity index (χ3n) is 5.28. The Morgan fingerprint density at radius 2 is 1.58 bits per heavy atom. The number of carboxylic acid groups (broad SMARTS) is 1. The molecule has 4 aromatic rings. The van der Waals surface area contributed by atoms with Gasteiger partial charge in [0.15, 0.2) is 0 Å². The number of para-hydroxylation sites is 1. The molecule has 9 heteroatoms. The van der Waals surface area contributed by atoms with Crippen LogP contribution < -0.4 is 0 Å². The van der Waals surface area contributed by atoms with E-state index in [0.29, 0.717) is 22.0 Å². The highest BCUT2D eigenvalue weighted by atomic mass is 32.2. The number of aryl methyl sites for hydroxylation is 1. The molecule has 0 aliphatic heterocycles. The molecule has 0 fully saturated rings. The lowest BCUT2D eigenvalue weighted by Gasteiger charge is -2.11. The van der Waals surface area contributed by atoms with Gasteiger partial charge in [-0.15, -0.1) is 0 Å². The van der Waals surface area contributed by atoms with Crippen LogP contribution in [0.3, 0.4) is 0 Å². The molecule has 0 amide bonds. The largest absolute Gasteiger partial charge is 0.481 e. The average molecular weight is 473 g/mol. The number of aromatic nitrogens is 1. The first kappa shape index (κ1) is 22.6. The zero-order valence-electron chi connectivity index (χ0n) is 17.1. The molecule has 0 bridgehead atoms. The summed E-state index contributed by atoms with van der Waals surface area (Å²) >= 11 is 0. The zero-order chi connectivity index (χ0) is 23.8. The van der Waals surface area contributed by atoms with E-state index < -0.39 is 27.7 Å². The zero-order valence-corrected chi connectivity index (χ0v) is 17.9. The lowest BCUT2D eigenvalue weighted by Crippen LogP contribution is -2.12. The summed E-state index contributed by atoms with van der Waals surface area (Å²) in [4.78, 5) is 10.9. The summed E-state index contributed by atoms with van der Waals surface area (Å²) in [6, 6.07) is 17.1. The highest BCUT2D eigenvalue weighted by molar-refractivity contribution is 7.90. The van der Waals surface area contributed by atoms with E-state index in [1.54, 1.807) is 30.3 Å². The number of benzene rings is 3. The molecule has 170 valence electrons. The van der Waals surface area contributed by atoms with E-state index in [-0.39, 0.29) is 23.3 Å². The van der Waals surface area contributed by atoms with Crippen molar-refractivity contribution in [3.63, 3.8) is 0 Å². The van der Waals surface area contributed by atoms with Crippen LogP contribution in [0.5, 0.6) is 0 Å². The monoisotopic (exact) mass is 473 g/mol. The molecule has 0 saturated heterocycles. The number of alkyl halides is 3. The van der Waals surface area contributed by atoms with Crippen LogP contribution in [0.2, 0.25) is 0 Å². The van der Waals surface area contributed by atoms with E-state index in [4.69, 9.17) is 5.11 Å². The highest BCUT2D eigenvalue weighted by Crippen LogP contribution is 2.33. The van der Waals surface area contributed by atoms with Gasteiger partial charge < -0.3 is 5.11 Å². The number of fused-ring (bicyclic) bond motifs is 1. The number of carboxylic acids is 1. The van der Waals surface area contributed by atoms with Crippen molar-refractivity contribution in [1.29, 1.82) is 0 Å². The molecule has 0 radical (unpaired) electrons. The normalized spacial score (nSPS) is 12.2. The van der Waals surface area contributed by atoms with Crippen LogP contribution in [0, 0.1) is 0 Å². The summed E-state index contributed by atoms with van der Waals surface area (Å²) in [6.45, 7) is 0. The molecule has 0 atom stereocenters. The van der Waals surface area contributed by atoms with E-state index in [9.17, 15) is 26.4 Å². The fourth-order valence-corrected chi connectivity index (χ4v) is 5.12. The Morgan fingerprint density at radius 1 is 0.909 bits per heavy atom. The topological polar surface area (TPSA) is 76.4 Å². The van der Waals surface area contributed by atoms with Gasteiger partial charge >= 0.3 is 12.1 Å². The Balaban J connectivity index is 1.80. The molecular formula is C24H18F3NO4S. The Hall–Kier alpha value is -3.59. The van der Waals surface area contributed by atoms with Gasteiger partial charge in [0.2, 0.25) is 0 Å². The molecule has 1 N–H and O–H groups in total. The van der Waals surface area contributed by atoms with Gasteiger partial charge in [0, 0.05) is 18.0 Å². The van der Waals surface area contributed by atoms with Crippen LogP contribution in [-0.2, 0) is 27.4 Å². The van der Waals surface area contributed by atoms with Crippen LogP contribution in [0.25, 0.3) is 22.0 Å². The minimum atomic E-state index is -4.52. The van der Waals surface area contributed by atoms with Gasteiger partial charge in [0.05, 0.1) is 16.0 Å². The summed E-state index contributed by atoms with van der Waals surface area (Å²) < 4.78 is 67.3. The standard InChI is InChI=1S/C24H18F3NO4S/c25-24(26,27)19-7-3-5-16(13-19)17-6-4-8-20(14-17)33(31,32)28-15-18(11-12-23(29)30)21-9-1-2-10-22(21)28/h1-10,13-15H,11-12H2,(H,29,30). The Bertz CT molecular complexity index is 1460. The van der Waals surface area contributed by atoms with E-state index in [1.165, 1.54) is 36.5 Å². The smallest absolute Gasteiger partial charge is 0.416 e. The van der Waals surface area contributed by atoms with Gasteiger partial charge in [-0.25, -0.2) is 12.4 Å². The fourth-order valence-electron chi connectivity index (χ4n) is 3.68. The molecule has 5 nitrogen and oxygen atoms in total. The van der Waals surface area contributed by atoms with Gasteiger partial charge in [0.25, 0.3) is 10.0 Å². The quantitative estimate of drug-likeness (QED) is 0.397. The summed E-state index contributed by atoms with van der Waals surface area (Å²) in [5.74, 6) is -0.997. The highest BCUT2D eigenvalue weighted by Gasteiger charge is 2.30. The predicted molar refractivity (Wildman–Crippen MR) is 117 cm³/mol. The molecule has 1 aromatic heterocycles. The number of halogens is 3. The molecule has 0 unspecified atom stereocenters. The minimum absolute atomic E-state index is 0.0945. The second-order valence-corrected chi connectivity index (χ2v) is 9.29. The molecule has 0 aliphatic carbocycles. The van der Waals surface area contributed by atoms with Gasteiger partial charge in [-0.05, 0) is 53.4 Å².